The van der Waals surface area contributed by atoms with E-state index >= 15 is 0 Å². The molecule has 2 aromatic carbocycles. The zero-order chi connectivity index (χ0) is 14.6. The number of benzene rings is 2. The highest BCUT2D eigenvalue weighted by atomic mass is 19.4. The van der Waals surface area contributed by atoms with Crippen LogP contribution in [0.25, 0.3) is 0 Å². The molecule has 0 aromatic heterocycles. The van der Waals surface area contributed by atoms with Crippen LogP contribution < -0.4 is 15.2 Å². The molecule has 0 radical (unpaired) electrons. The summed E-state index contributed by atoms with van der Waals surface area (Å²) in [6, 6.07) is 12.4. The molecule has 0 amide bonds. The lowest BCUT2D eigenvalue weighted by Gasteiger charge is -2.15. The number of ether oxygens (including phenoxy) is 2. The van der Waals surface area contributed by atoms with Gasteiger partial charge >= 0.3 is 6.36 Å². The summed E-state index contributed by atoms with van der Waals surface area (Å²) in [6.07, 6.45) is -4.77. The van der Waals surface area contributed by atoms with E-state index in [9.17, 15) is 13.2 Å². The molecule has 0 atom stereocenters. The van der Waals surface area contributed by atoms with Crippen LogP contribution >= 0.6 is 0 Å². The van der Waals surface area contributed by atoms with E-state index in [0.717, 1.165) is 0 Å². The highest BCUT2D eigenvalue weighted by Gasteiger charge is 2.32. The zero-order valence-corrected chi connectivity index (χ0v) is 10.4. The Morgan fingerprint density at radius 2 is 1.40 bits per heavy atom. The van der Waals surface area contributed by atoms with E-state index in [-0.39, 0.29) is 12.3 Å². The van der Waals surface area contributed by atoms with Gasteiger partial charge in [-0.15, -0.1) is 13.2 Å². The van der Waals surface area contributed by atoms with Gasteiger partial charge in [0.25, 0.3) is 0 Å². The van der Waals surface area contributed by atoms with Gasteiger partial charge in [-0.05, 0) is 18.2 Å². The lowest BCUT2D eigenvalue weighted by molar-refractivity contribution is -0.275. The van der Waals surface area contributed by atoms with Gasteiger partial charge in [0, 0.05) is 12.1 Å². The Kier molecular flexibility index (Phi) is 4.14. The molecule has 0 aliphatic rings. The van der Waals surface area contributed by atoms with Gasteiger partial charge in [-0.1, -0.05) is 30.3 Å². The number of halogens is 3. The predicted octanol–water partition coefficient (Wildman–Crippen LogP) is 3.84. The first kappa shape index (κ1) is 14.2. The van der Waals surface area contributed by atoms with Crippen molar-refractivity contribution in [2.24, 2.45) is 5.73 Å². The van der Waals surface area contributed by atoms with Crippen LogP contribution in [0.5, 0.6) is 17.2 Å². The van der Waals surface area contributed by atoms with E-state index in [1.165, 1.54) is 18.2 Å². The fraction of sp³-hybridized carbons (Fsp3) is 0.143. The summed E-state index contributed by atoms with van der Waals surface area (Å²) >= 11 is 0. The third kappa shape index (κ3) is 3.64. The summed E-state index contributed by atoms with van der Waals surface area (Å²) in [4.78, 5) is 0. The maximum atomic E-state index is 12.3. The van der Waals surface area contributed by atoms with Crippen molar-refractivity contribution in [2.75, 3.05) is 0 Å². The molecule has 0 aliphatic carbocycles. The third-order valence-electron chi connectivity index (χ3n) is 2.49. The smallest absolute Gasteiger partial charge is 0.453 e. The molecule has 0 aliphatic heterocycles. The minimum Gasteiger partial charge on any atom is -0.453 e. The molecule has 0 saturated heterocycles. The van der Waals surface area contributed by atoms with Crippen LogP contribution in [0.15, 0.2) is 48.5 Å². The van der Waals surface area contributed by atoms with Crippen molar-refractivity contribution in [1.82, 2.24) is 0 Å². The van der Waals surface area contributed by atoms with Crippen LogP contribution in [0.4, 0.5) is 13.2 Å². The van der Waals surface area contributed by atoms with Crippen molar-refractivity contribution in [3.8, 4) is 17.2 Å². The quantitative estimate of drug-likeness (QED) is 0.927. The second kappa shape index (κ2) is 5.83. The van der Waals surface area contributed by atoms with Crippen molar-refractivity contribution in [2.45, 2.75) is 12.9 Å². The van der Waals surface area contributed by atoms with Crippen LogP contribution in [0.2, 0.25) is 0 Å². The number of hydrogen-bond donors (Lipinski definition) is 1. The van der Waals surface area contributed by atoms with Crippen LogP contribution in [-0.2, 0) is 6.54 Å². The van der Waals surface area contributed by atoms with Gasteiger partial charge < -0.3 is 15.2 Å². The van der Waals surface area contributed by atoms with Gasteiger partial charge in [0.05, 0.1) is 0 Å². The van der Waals surface area contributed by atoms with Gasteiger partial charge in [0.2, 0.25) is 0 Å². The van der Waals surface area contributed by atoms with E-state index in [2.05, 4.69) is 4.74 Å². The minimum atomic E-state index is -4.77. The van der Waals surface area contributed by atoms with Gasteiger partial charge in [0.1, 0.15) is 5.75 Å². The number of rotatable bonds is 4. The topological polar surface area (TPSA) is 44.5 Å². The maximum Gasteiger partial charge on any atom is 0.573 e. The average molecular weight is 283 g/mol. The average Bonchev–Trinajstić information content (AvgIpc) is 2.40. The molecule has 0 fully saturated rings. The first-order valence-electron chi connectivity index (χ1n) is 5.80. The van der Waals surface area contributed by atoms with Crippen molar-refractivity contribution in [3.63, 3.8) is 0 Å². The molecule has 0 heterocycles. The molecule has 2 rings (SSSR count). The monoisotopic (exact) mass is 283 g/mol. The van der Waals surface area contributed by atoms with E-state index in [1.54, 1.807) is 30.3 Å². The first-order valence-corrected chi connectivity index (χ1v) is 5.80. The lowest BCUT2D eigenvalue weighted by atomic mass is 10.2. The Labute approximate surface area is 113 Å². The highest BCUT2D eigenvalue weighted by molar-refractivity contribution is 5.44. The Balaban J connectivity index is 2.29. The van der Waals surface area contributed by atoms with Crippen molar-refractivity contribution >= 4 is 0 Å². The van der Waals surface area contributed by atoms with E-state index in [1.807, 2.05) is 0 Å². The number of nitrogens with two attached hydrogens (primary N) is 1. The molecular weight excluding hydrogens is 271 g/mol. The number of alkyl halides is 3. The number of hydrogen-bond acceptors (Lipinski definition) is 3. The predicted molar refractivity (Wildman–Crippen MR) is 67.5 cm³/mol. The fourth-order valence-corrected chi connectivity index (χ4v) is 1.63. The van der Waals surface area contributed by atoms with E-state index in [4.69, 9.17) is 10.5 Å². The zero-order valence-electron chi connectivity index (χ0n) is 10.4. The first-order chi connectivity index (χ1) is 9.49. The SMILES string of the molecule is NCc1ccccc1Oc1ccccc1OC(F)(F)F. The van der Waals surface area contributed by atoms with Crippen molar-refractivity contribution in [3.05, 3.63) is 54.1 Å². The normalized spacial score (nSPS) is 11.2. The second-order valence-electron chi connectivity index (χ2n) is 3.91. The molecule has 0 unspecified atom stereocenters. The van der Waals surface area contributed by atoms with Crippen molar-refractivity contribution < 1.29 is 22.6 Å². The summed E-state index contributed by atoms with van der Waals surface area (Å²) < 4.78 is 46.3. The molecule has 106 valence electrons. The fourth-order valence-electron chi connectivity index (χ4n) is 1.63. The Morgan fingerprint density at radius 3 is 2.00 bits per heavy atom. The Hall–Kier alpha value is -2.21. The summed E-state index contributed by atoms with van der Waals surface area (Å²) in [7, 11) is 0. The van der Waals surface area contributed by atoms with Gasteiger partial charge in [-0.3, -0.25) is 0 Å². The largest absolute Gasteiger partial charge is 0.573 e. The summed E-state index contributed by atoms with van der Waals surface area (Å²) in [5, 5.41) is 0. The van der Waals surface area contributed by atoms with E-state index in [0.29, 0.717) is 11.3 Å². The molecule has 6 heteroatoms. The van der Waals surface area contributed by atoms with E-state index < -0.39 is 12.1 Å². The van der Waals surface area contributed by atoms with Gasteiger partial charge in [0.15, 0.2) is 11.5 Å². The van der Waals surface area contributed by atoms with Crippen LogP contribution in [0.1, 0.15) is 5.56 Å². The van der Waals surface area contributed by atoms with Crippen LogP contribution in [0.3, 0.4) is 0 Å². The van der Waals surface area contributed by atoms with Gasteiger partial charge in [-0.25, -0.2) is 0 Å². The molecule has 0 spiro atoms. The molecule has 2 N–H and O–H groups in total. The van der Waals surface area contributed by atoms with Gasteiger partial charge in [-0.2, -0.15) is 0 Å². The summed E-state index contributed by atoms with van der Waals surface area (Å²) in [5.74, 6) is -0.0224. The third-order valence-corrected chi connectivity index (χ3v) is 2.49. The highest BCUT2D eigenvalue weighted by Crippen LogP contribution is 2.35. The molecule has 20 heavy (non-hydrogen) atoms. The molecular formula is C14H12F3NO2. The molecule has 0 saturated carbocycles. The van der Waals surface area contributed by atoms with Crippen LogP contribution in [-0.4, -0.2) is 6.36 Å². The second-order valence-corrected chi connectivity index (χ2v) is 3.91. The Morgan fingerprint density at radius 1 is 0.850 bits per heavy atom. The summed E-state index contributed by atoms with van der Waals surface area (Å²) in [6.45, 7) is 0.221. The lowest BCUT2D eigenvalue weighted by Crippen LogP contribution is -2.17. The molecule has 2 aromatic rings. The molecule has 3 nitrogen and oxygen atoms in total. The molecule has 0 bridgehead atoms. The van der Waals surface area contributed by atoms with Crippen molar-refractivity contribution in [1.29, 1.82) is 0 Å². The summed E-state index contributed by atoms with van der Waals surface area (Å²) in [5.41, 5.74) is 6.24. The van der Waals surface area contributed by atoms with Crippen LogP contribution in [0, 0.1) is 0 Å². The Bertz CT molecular complexity index is 585. The number of para-hydroxylation sites is 3. The maximum absolute atomic E-state index is 12.3. The standard InChI is InChI=1S/C14H12F3NO2/c15-14(16,17)20-13-8-4-3-7-12(13)19-11-6-2-1-5-10(11)9-18/h1-8H,9,18H2. The minimum absolute atomic E-state index is 0.0225.